The van der Waals surface area contributed by atoms with Gasteiger partial charge in [-0.05, 0) is 49.6 Å². The second kappa shape index (κ2) is 7.15. The molecule has 0 saturated carbocycles. The fourth-order valence-electron chi connectivity index (χ4n) is 0.760. The van der Waals surface area contributed by atoms with Crippen LogP contribution in [0.2, 0.25) is 0 Å². The highest BCUT2D eigenvalue weighted by molar-refractivity contribution is 9.28. The third kappa shape index (κ3) is 5.11. The molecule has 0 bridgehead atoms. The first kappa shape index (κ1) is 12.7. The van der Waals surface area contributed by atoms with E-state index in [2.05, 4.69) is 31.9 Å². The number of halogens is 2. The molecule has 0 amide bonds. The average molecular weight is 307 g/mol. The van der Waals surface area contributed by atoms with Gasteiger partial charge in [-0.2, -0.15) is 0 Å². The molecule has 3 heteroatoms. The molecule has 0 aliphatic carbocycles. The van der Waals surface area contributed by atoms with E-state index in [1.54, 1.807) is 0 Å². The summed E-state index contributed by atoms with van der Waals surface area (Å²) in [6.07, 6.45) is 1.91. The number of nitrogen functional groups attached to an aromatic ring is 1. The van der Waals surface area contributed by atoms with E-state index in [1.165, 1.54) is 0 Å². The molecule has 1 rings (SSSR count). The molecule has 13 heavy (non-hydrogen) atoms. The van der Waals surface area contributed by atoms with E-state index in [1.807, 2.05) is 44.2 Å². The molecule has 0 aromatic heterocycles. The number of benzene rings is 1. The fourth-order valence-corrected chi connectivity index (χ4v) is 1.25. The Kier molecular flexibility index (Phi) is 7.00. The Balaban J connectivity index is 0.000000671. The average Bonchev–Trinajstić information content (AvgIpc) is 2.12. The molecule has 1 nitrogen and oxygen atoms in total. The Hall–Kier alpha value is -0.280. The molecular weight excluding hydrogens is 294 g/mol. The van der Waals surface area contributed by atoms with E-state index in [-0.39, 0.29) is 0 Å². The molecule has 0 fully saturated rings. The van der Waals surface area contributed by atoms with E-state index >= 15 is 0 Å². The van der Waals surface area contributed by atoms with Crippen LogP contribution in [0.15, 0.2) is 27.7 Å². The summed E-state index contributed by atoms with van der Waals surface area (Å²) in [6, 6.07) is 7.69. The van der Waals surface area contributed by atoms with Gasteiger partial charge in [-0.1, -0.05) is 32.0 Å². The smallest absolute Gasteiger partial charge is 0.0610 e. The summed E-state index contributed by atoms with van der Waals surface area (Å²) in [4.78, 5) is 0. The predicted molar refractivity (Wildman–Crippen MR) is 68.0 cm³/mol. The van der Waals surface area contributed by atoms with Gasteiger partial charge in [0.05, 0.1) is 3.39 Å². The first-order valence-corrected chi connectivity index (χ1v) is 5.66. The molecule has 0 unspecified atom stereocenters. The van der Waals surface area contributed by atoms with Crippen LogP contribution in [0, 0.1) is 0 Å². The fraction of sp³-hybridized carbons (Fsp3) is 0.200. The van der Waals surface area contributed by atoms with Gasteiger partial charge in [0.25, 0.3) is 0 Å². The highest BCUT2D eigenvalue weighted by Gasteiger charge is 1.92. The zero-order chi connectivity index (χ0) is 10.3. The summed E-state index contributed by atoms with van der Waals surface area (Å²) >= 11 is 6.53. The number of anilines is 1. The maximum Gasteiger partial charge on any atom is 0.0610 e. The maximum absolute atomic E-state index is 5.68. The molecule has 0 aliphatic heterocycles. The van der Waals surface area contributed by atoms with Gasteiger partial charge in [0.2, 0.25) is 0 Å². The zero-order valence-electron chi connectivity index (χ0n) is 7.72. The van der Waals surface area contributed by atoms with E-state index in [0.717, 1.165) is 14.6 Å². The van der Waals surface area contributed by atoms with Crippen LogP contribution < -0.4 is 5.73 Å². The first-order chi connectivity index (χ1) is 6.20. The third-order valence-electron chi connectivity index (χ3n) is 1.26. The number of hydrogen-bond acceptors (Lipinski definition) is 1. The van der Waals surface area contributed by atoms with Crippen molar-refractivity contribution in [1.29, 1.82) is 0 Å². The van der Waals surface area contributed by atoms with Crippen LogP contribution in [0.25, 0.3) is 6.08 Å². The van der Waals surface area contributed by atoms with E-state index in [0.29, 0.717) is 0 Å². The van der Waals surface area contributed by atoms with Crippen molar-refractivity contribution >= 4 is 43.6 Å². The summed E-state index contributed by atoms with van der Waals surface area (Å²) in [5.41, 5.74) is 7.47. The minimum Gasteiger partial charge on any atom is -0.398 e. The van der Waals surface area contributed by atoms with Crippen LogP contribution in [0.5, 0.6) is 0 Å². The van der Waals surface area contributed by atoms with Crippen LogP contribution in [0.1, 0.15) is 19.4 Å². The van der Waals surface area contributed by atoms with E-state index in [9.17, 15) is 0 Å². The van der Waals surface area contributed by atoms with Crippen LogP contribution in [-0.4, -0.2) is 0 Å². The van der Waals surface area contributed by atoms with Crippen LogP contribution >= 0.6 is 31.9 Å². The van der Waals surface area contributed by atoms with Gasteiger partial charge in [-0.25, -0.2) is 0 Å². The van der Waals surface area contributed by atoms with E-state index in [4.69, 9.17) is 5.73 Å². The van der Waals surface area contributed by atoms with Crippen molar-refractivity contribution in [3.05, 3.63) is 33.2 Å². The van der Waals surface area contributed by atoms with E-state index < -0.39 is 0 Å². The lowest BCUT2D eigenvalue weighted by Gasteiger charge is -1.97. The largest absolute Gasteiger partial charge is 0.398 e. The van der Waals surface area contributed by atoms with Gasteiger partial charge in [-0.3, -0.25) is 0 Å². The highest BCUT2D eigenvalue weighted by atomic mass is 79.9. The van der Waals surface area contributed by atoms with Crippen molar-refractivity contribution in [3.8, 4) is 0 Å². The molecule has 2 N–H and O–H groups in total. The summed E-state index contributed by atoms with van der Waals surface area (Å²) in [5.74, 6) is 0. The molecule has 0 heterocycles. The minimum atomic E-state index is 0.781. The molecule has 0 atom stereocenters. The molecule has 0 spiro atoms. The zero-order valence-corrected chi connectivity index (χ0v) is 10.9. The van der Waals surface area contributed by atoms with Crippen LogP contribution in [0.3, 0.4) is 0 Å². The van der Waals surface area contributed by atoms with Crippen LogP contribution in [-0.2, 0) is 0 Å². The van der Waals surface area contributed by atoms with Gasteiger partial charge in [0.1, 0.15) is 0 Å². The lowest BCUT2D eigenvalue weighted by Crippen LogP contribution is -1.86. The second-order valence-electron chi connectivity index (χ2n) is 2.06. The number of nitrogens with two attached hydrogens (primary N) is 1. The maximum atomic E-state index is 5.68. The van der Waals surface area contributed by atoms with Crippen molar-refractivity contribution in [2.45, 2.75) is 13.8 Å². The number of para-hydroxylation sites is 1. The van der Waals surface area contributed by atoms with Gasteiger partial charge >= 0.3 is 0 Å². The van der Waals surface area contributed by atoms with Gasteiger partial charge < -0.3 is 5.73 Å². The predicted octanol–water partition coefficient (Wildman–Crippen LogP) is 4.38. The van der Waals surface area contributed by atoms with Gasteiger partial charge in [-0.15, -0.1) is 0 Å². The van der Waals surface area contributed by atoms with Crippen LogP contribution in [0.4, 0.5) is 5.69 Å². The van der Waals surface area contributed by atoms with Crippen molar-refractivity contribution in [3.63, 3.8) is 0 Å². The molecule has 0 aliphatic rings. The van der Waals surface area contributed by atoms with Crippen molar-refractivity contribution < 1.29 is 0 Å². The molecule has 1 aromatic rings. The quantitative estimate of drug-likeness (QED) is 0.765. The molecule has 1 aromatic carbocycles. The summed E-state index contributed by atoms with van der Waals surface area (Å²) in [7, 11) is 0. The lowest BCUT2D eigenvalue weighted by atomic mass is 10.2. The Morgan fingerprint density at radius 3 is 2.23 bits per heavy atom. The second-order valence-corrected chi connectivity index (χ2v) is 4.84. The highest BCUT2D eigenvalue weighted by Crippen LogP contribution is 2.21. The monoisotopic (exact) mass is 305 g/mol. The summed E-state index contributed by atoms with van der Waals surface area (Å²) in [6.45, 7) is 4.00. The third-order valence-corrected chi connectivity index (χ3v) is 1.72. The van der Waals surface area contributed by atoms with Gasteiger partial charge in [0.15, 0.2) is 0 Å². The molecular formula is C10H13Br2N. The summed E-state index contributed by atoms with van der Waals surface area (Å²) < 4.78 is 0.892. The minimum absolute atomic E-state index is 0.781. The Bertz CT molecular complexity index is 278. The standard InChI is InChI=1S/C8H7Br2N.C2H6/c9-8(10)5-6-3-1-2-4-7(6)11;1-2/h1-5H,11H2;1-2H3. The molecule has 0 radical (unpaired) electrons. The molecule has 0 saturated heterocycles. The first-order valence-electron chi connectivity index (χ1n) is 4.07. The van der Waals surface area contributed by atoms with Gasteiger partial charge in [0, 0.05) is 5.69 Å². The molecule has 72 valence electrons. The normalized spacial score (nSPS) is 8.31. The van der Waals surface area contributed by atoms with Crippen molar-refractivity contribution in [1.82, 2.24) is 0 Å². The van der Waals surface area contributed by atoms with Crippen molar-refractivity contribution in [2.75, 3.05) is 5.73 Å². The topological polar surface area (TPSA) is 26.0 Å². The van der Waals surface area contributed by atoms with Crippen molar-refractivity contribution in [2.24, 2.45) is 0 Å². The number of rotatable bonds is 1. The lowest BCUT2D eigenvalue weighted by molar-refractivity contribution is 1.50. The SMILES string of the molecule is CC.Nc1ccccc1C=C(Br)Br. The Morgan fingerprint density at radius 1 is 1.23 bits per heavy atom. The Labute approximate surface area is 96.3 Å². The Morgan fingerprint density at radius 2 is 1.77 bits per heavy atom. The summed E-state index contributed by atoms with van der Waals surface area (Å²) in [5, 5.41) is 0. The number of hydrogen-bond donors (Lipinski definition) is 1.